The number of nitrogens with one attached hydrogen (secondary N) is 1. The first-order valence-corrected chi connectivity index (χ1v) is 10.7. The molecule has 2 aliphatic rings. The van der Waals surface area contributed by atoms with Crippen molar-refractivity contribution in [3.05, 3.63) is 70.8 Å². The topological polar surface area (TPSA) is 49.3 Å². The highest BCUT2D eigenvalue weighted by atomic mass is 32.2. The molecule has 0 spiro atoms. The number of aromatic carboxylic acids is 1. The van der Waals surface area contributed by atoms with Gasteiger partial charge in [0.25, 0.3) is 0 Å². The number of alkyl halides is 3. The molecule has 2 aromatic carbocycles. The van der Waals surface area contributed by atoms with E-state index in [1.165, 1.54) is 12.1 Å². The third kappa shape index (κ3) is 3.90. The van der Waals surface area contributed by atoms with Gasteiger partial charge in [-0.25, -0.2) is 4.79 Å². The summed E-state index contributed by atoms with van der Waals surface area (Å²) in [7, 11) is 0. The van der Waals surface area contributed by atoms with Crippen LogP contribution in [0.5, 0.6) is 0 Å². The Balaban J connectivity index is 1.67. The zero-order valence-corrected chi connectivity index (χ0v) is 16.5. The number of rotatable bonds is 4. The predicted octanol–water partition coefficient (Wildman–Crippen LogP) is 5.82. The fourth-order valence-electron chi connectivity index (χ4n) is 4.50. The molecule has 1 aliphatic heterocycles. The molecule has 0 radical (unpaired) electrons. The maximum atomic E-state index is 13.1. The zero-order valence-electron chi connectivity index (χ0n) is 15.7. The Morgan fingerprint density at radius 1 is 1.10 bits per heavy atom. The summed E-state index contributed by atoms with van der Waals surface area (Å²) in [4.78, 5) is 10.8. The quantitative estimate of drug-likeness (QED) is 0.653. The second kappa shape index (κ2) is 7.69. The van der Waals surface area contributed by atoms with Crippen LogP contribution < -0.4 is 5.32 Å². The molecule has 0 amide bonds. The standard InChI is InChI=1S/C22H22F3NO2S/c23-22(24,25)18-7-3-4-15(12-18)19-13-29-21(26-19,16-5-1-2-6-16)17-10-8-14(9-11-17)20(27)28/h3-4,7-12,16,19,26H,1-2,5-6,13H2,(H,27,28). The van der Waals surface area contributed by atoms with Crippen molar-refractivity contribution in [3.8, 4) is 0 Å². The van der Waals surface area contributed by atoms with Crippen LogP contribution in [0.2, 0.25) is 0 Å². The van der Waals surface area contributed by atoms with E-state index in [4.69, 9.17) is 0 Å². The molecule has 2 fully saturated rings. The van der Waals surface area contributed by atoms with Gasteiger partial charge in [0.1, 0.15) is 0 Å². The summed E-state index contributed by atoms with van der Waals surface area (Å²) in [6, 6.07) is 12.2. The minimum absolute atomic E-state index is 0.193. The number of hydrogen-bond donors (Lipinski definition) is 2. The van der Waals surface area contributed by atoms with E-state index >= 15 is 0 Å². The maximum absolute atomic E-state index is 13.1. The molecule has 29 heavy (non-hydrogen) atoms. The normalized spacial score (nSPS) is 25.4. The van der Waals surface area contributed by atoms with Crippen LogP contribution >= 0.6 is 11.8 Å². The van der Waals surface area contributed by atoms with E-state index in [2.05, 4.69) is 5.32 Å². The van der Waals surface area contributed by atoms with Crippen molar-refractivity contribution in [2.75, 3.05) is 5.75 Å². The van der Waals surface area contributed by atoms with Crippen LogP contribution in [-0.4, -0.2) is 16.8 Å². The van der Waals surface area contributed by atoms with Crippen molar-refractivity contribution < 1.29 is 23.1 Å². The molecule has 0 bridgehead atoms. The Morgan fingerprint density at radius 3 is 2.41 bits per heavy atom. The molecular formula is C22H22F3NO2S. The Bertz CT molecular complexity index is 894. The lowest BCUT2D eigenvalue weighted by Gasteiger charge is -2.36. The third-order valence-corrected chi connectivity index (χ3v) is 7.62. The molecule has 2 unspecified atom stereocenters. The van der Waals surface area contributed by atoms with Crippen LogP contribution in [0.25, 0.3) is 0 Å². The van der Waals surface area contributed by atoms with Gasteiger partial charge < -0.3 is 5.11 Å². The monoisotopic (exact) mass is 421 g/mol. The van der Waals surface area contributed by atoms with E-state index < -0.39 is 22.6 Å². The van der Waals surface area contributed by atoms with Crippen LogP contribution in [-0.2, 0) is 11.0 Å². The number of carbonyl (C=O) groups is 1. The van der Waals surface area contributed by atoms with Gasteiger partial charge >= 0.3 is 12.1 Å². The van der Waals surface area contributed by atoms with Crippen molar-refractivity contribution in [1.29, 1.82) is 0 Å². The Hall–Kier alpha value is -1.99. The van der Waals surface area contributed by atoms with Gasteiger partial charge in [0.05, 0.1) is 16.0 Å². The van der Waals surface area contributed by atoms with Gasteiger partial charge in [-0.3, -0.25) is 5.32 Å². The van der Waals surface area contributed by atoms with E-state index in [0.717, 1.165) is 37.3 Å². The zero-order chi connectivity index (χ0) is 20.6. The Labute approximate surface area is 171 Å². The van der Waals surface area contributed by atoms with Crippen molar-refractivity contribution in [2.45, 2.75) is 42.8 Å². The Kier molecular flexibility index (Phi) is 5.38. The minimum atomic E-state index is -4.36. The van der Waals surface area contributed by atoms with Gasteiger partial charge in [-0.1, -0.05) is 37.1 Å². The number of hydrogen-bond acceptors (Lipinski definition) is 3. The molecule has 4 rings (SSSR count). The summed E-state index contributed by atoms with van der Waals surface area (Å²) in [6.07, 6.45) is 0.00906. The second-order valence-electron chi connectivity index (χ2n) is 7.73. The molecular weight excluding hydrogens is 399 g/mol. The van der Waals surface area contributed by atoms with E-state index in [-0.39, 0.29) is 11.6 Å². The highest BCUT2D eigenvalue weighted by Crippen LogP contribution is 2.53. The van der Waals surface area contributed by atoms with Crippen LogP contribution in [0, 0.1) is 5.92 Å². The van der Waals surface area contributed by atoms with Gasteiger partial charge in [-0.15, -0.1) is 11.8 Å². The first-order chi connectivity index (χ1) is 13.8. The van der Waals surface area contributed by atoms with Crippen molar-refractivity contribution in [3.63, 3.8) is 0 Å². The molecule has 0 aromatic heterocycles. The predicted molar refractivity (Wildman–Crippen MR) is 107 cm³/mol. The Morgan fingerprint density at radius 2 is 1.79 bits per heavy atom. The lowest BCUT2D eigenvalue weighted by molar-refractivity contribution is -0.137. The van der Waals surface area contributed by atoms with Gasteiger partial charge in [-0.05, 0) is 54.2 Å². The molecule has 2 aromatic rings. The number of halogens is 3. The molecule has 2 N–H and O–H groups in total. The van der Waals surface area contributed by atoms with Crippen LogP contribution in [0.4, 0.5) is 13.2 Å². The van der Waals surface area contributed by atoms with E-state index in [0.29, 0.717) is 17.2 Å². The smallest absolute Gasteiger partial charge is 0.416 e. The molecule has 154 valence electrons. The summed E-state index contributed by atoms with van der Waals surface area (Å²) in [5.74, 6) is 0.0534. The summed E-state index contributed by atoms with van der Waals surface area (Å²) in [6.45, 7) is 0. The van der Waals surface area contributed by atoms with Gasteiger partial charge in [0.15, 0.2) is 0 Å². The fourth-order valence-corrected chi connectivity index (χ4v) is 6.20. The molecule has 1 aliphatic carbocycles. The molecule has 2 atom stereocenters. The number of carboxylic acids is 1. The number of thioether (sulfide) groups is 1. The van der Waals surface area contributed by atoms with Gasteiger partial charge in [0.2, 0.25) is 0 Å². The van der Waals surface area contributed by atoms with Crippen LogP contribution in [0.1, 0.15) is 58.8 Å². The van der Waals surface area contributed by atoms with Gasteiger partial charge in [-0.2, -0.15) is 13.2 Å². The third-order valence-electron chi connectivity index (χ3n) is 5.97. The average molecular weight is 421 g/mol. The molecule has 3 nitrogen and oxygen atoms in total. The highest BCUT2D eigenvalue weighted by Gasteiger charge is 2.48. The highest BCUT2D eigenvalue weighted by molar-refractivity contribution is 8.00. The molecule has 1 saturated heterocycles. The first kappa shape index (κ1) is 20.3. The summed E-state index contributed by atoms with van der Waals surface area (Å²) in [5.41, 5.74) is 1.22. The van der Waals surface area contributed by atoms with Gasteiger partial charge in [0, 0.05) is 11.8 Å². The molecule has 1 saturated carbocycles. The van der Waals surface area contributed by atoms with Crippen LogP contribution in [0.15, 0.2) is 48.5 Å². The average Bonchev–Trinajstić information content (AvgIpc) is 3.38. The molecule has 1 heterocycles. The second-order valence-corrected chi connectivity index (χ2v) is 9.00. The van der Waals surface area contributed by atoms with Crippen molar-refractivity contribution >= 4 is 17.7 Å². The van der Waals surface area contributed by atoms with E-state index in [9.17, 15) is 23.1 Å². The SMILES string of the molecule is O=C(O)c1ccc(C2(C3CCCC3)NC(c3cccc(C(F)(F)F)c3)CS2)cc1. The fraction of sp³-hybridized carbons (Fsp3) is 0.409. The number of carboxylic acid groups (broad SMARTS) is 1. The summed E-state index contributed by atoms with van der Waals surface area (Å²) >= 11 is 1.73. The van der Waals surface area contributed by atoms with Crippen LogP contribution in [0.3, 0.4) is 0 Å². The minimum Gasteiger partial charge on any atom is -0.478 e. The summed E-state index contributed by atoms with van der Waals surface area (Å²) in [5, 5.41) is 12.8. The van der Waals surface area contributed by atoms with Crippen molar-refractivity contribution in [1.82, 2.24) is 5.32 Å². The maximum Gasteiger partial charge on any atom is 0.416 e. The van der Waals surface area contributed by atoms with E-state index in [1.807, 2.05) is 12.1 Å². The number of benzene rings is 2. The largest absolute Gasteiger partial charge is 0.478 e. The summed E-state index contributed by atoms with van der Waals surface area (Å²) < 4.78 is 39.4. The van der Waals surface area contributed by atoms with E-state index in [1.54, 1.807) is 30.0 Å². The van der Waals surface area contributed by atoms with Crippen molar-refractivity contribution in [2.24, 2.45) is 5.92 Å². The lowest BCUT2D eigenvalue weighted by atomic mass is 9.89. The molecule has 7 heteroatoms. The first-order valence-electron chi connectivity index (χ1n) is 9.72. The lowest BCUT2D eigenvalue weighted by Crippen LogP contribution is -2.42.